The fourth-order valence-corrected chi connectivity index (χ4v) is 3.50. The van der Waals surface area contributed by atoms with E-state index in [0.29, 0.717) is 6.04 Å². The van der Waals surface area contributed by atoms with E-state index >= 15 is 0 Å². The number of hydrogen-bond donors (Lipinski definition) is 1. The molecule has 3 rings (SSSR count). The summed E-state index contributed by atoms with van der Waals surface area (Å²) in [7, 11) is 4.28. The largest absolute Gasteiger partial charge is 0.313 e. The summed E-state index contributed by atoms with van der Waals surface area (Å²) in [6.07, 6.45) is 4.95. The van der Waals surface area contributed by atoms with E-state index in [0.717, 1.165) is 12.6 Å². The van der Waals surface area contributed by atoms with Crippen LogP contribution in [-0.4, -0.2) is 35.3 Å². The maximum atomic E-state index is 3.64. The van der Waals surface area contributed by atoms with Gasteiger partial charge in [-0.2, -0.15) is 0 Å². The van der Waals surface area contributed by atoms with Crippen LogP contribution >= 0.6 is 12.1 Å². The number of nitrogens with one attached hydrogen (secondary N) is 1. The molecule has 0 radical (unpaired) electrons. The molecule has 0 saturated heterocycles. The van der Waals surface area contributed by atoms with Crippen molar-refractivity contribution in [1.82, 2.24) is 13.9 Å². The molecule has 2 aliphatic rings. The van der Waals surface area contributed by atoms with Gasteiger partial charge in [-0.05, 0) is 24.0 Å². The maximum absolute atomic E-state index is 3.64. The predicted octanol–water partition coefficient (Wildman–Crippen LogP) is 2.80. The van der Waals surface area contributed by atoms with E-state index in [1.54, 1.807) is 12.1 Å². The number of likely N-dealkylation sites (N-methyl/N-ethyl adjacent to an activating group) is 1. The van der Waals surface area contributed by atoms with Crippen molar-refractivity contribution in [3.63, 3.8) is 0 Å². The molecule has 1 aliphatic carbocycles. The molecule has 1 heterocycles. The summed E-state index contributed by atoms with van der Waals surface area (Å²) in [6, 6.07) is 11.9. The van der Waals surface area contributed by atoms with Gasteiger partial charge in [0.25, 0.3) is 0 Å². The van der Waals surface area contributed by atoms with Crippen molar-refractivity contribution in [2.24, 2.45) is 0 Å². The summed E-state index contributed by atoms with van der Waals surface area (Å²) in [5.41, 5.74) is 2.82. The Kier molecular flexibility index (Phi) is 3.82. The highest BCUT2D eigenvalue weighted by atomic mass is 32.2. The average molecular weight is 275 g/mol. The molecule has 1 aromatic carbocycles. The molecule has 1 fully saturated rings. The molecular formula is C15H21N3S. The van der Waals surface area contributed by atoms with Crippen LogP contribution in [0.25, 0.3) is 0 Å². The van der Waals surface area contributed by atoms with E-state index in [1.165, 1.54) is 24.0 Å². The van der Waals surface area contributed by atoms with E-state index in [1.807, 2.05) is 0 Å². The molecule has 1 unspecified atom stereocenters. The second-order valence-electron chi connectivity index (χ2n) is 5.35. The molecule has 1 atom stereocenters. The zero-order valence-electron chi connectivity index (χ0n) is 11.5. The van der Waals surface area contributed by atoms with Crippen molar-refractivity contribution >= 4 is 12.1 Å². The van der Waals surface area contributed by atoms with Gasteiger partial charge >= 0.3 is 0 Å². The van der Waals surface area contributed by atoms with E-state index < -0.39 is 0 Å². The SMILES string of the molecule is CN1C=C(CNC2CC2)C(c2ccccc2)N(C)S1. The zero-order chi connectivity index (χ0) is 13.2. The molecule has 0 aromatic heterocycles. The Morgan fingerprint density at radius 1 is 1.21 bits per heavy atom. The molecule has 1 aromatic rings. The van der Waals surface area contributed by atoms with Gasteiger partial charge < -0.3 is 9.62 Å². The van der Waals surface area contributed by atoms with Crippen LogP contribution in [0.4, 0.5) is 0 Å². The third-order valence-electron chi connectivity index (χ3n) is 3.61. The summed E-state index contributed by atoms with van der Waals surface area (Å²) in [5, 5.41) is 3.64. The quantitative estimate of drug-likeness (QED) is 0.851. The number of nitrogens with zero attached hydrogens (tertiary/aromatic N) is 2. The van der Waals surface area contributed by atoms with Crippen LogP contribution < -0.4 is 5.32 Å². The standard InChI is InChI=1S/C15H21N3S/c1-17-11-13(10-16-14-8-9-14)15(18(2)19-17)12-6-4-3-5-7-12/h3-7,11,14-16H,8-10H2,1-2H3. The number of rotatable bonds is 4. The molecule has 0 bridgehead atoms. The van der Waals surface area contributed by atoms with Gasteiger partial charge in [0.05, 0.1) is 6.04 Å². The van der Waals surface area contributed by atoms with Gasteiger partial charge in [-0.25, -0.2) is 4.31 Å². The van der Waals surface area contributed by atoms with Crippen LogP contribution in [-0.2, 0) is 0 Å². The van der Waals surface area contributed by atoms with Gasteiger partial charge in [0.1, 0.15) is 0 Å². The summed E-state index contributed by atoms with van der Waals surface area (Å²) in [6.45, 7) is 0.986. The fourth-order valence-electron chi connectivity index (χ4n) is 2.56. The summed E-state index contributed by atoms with van der Waals surface area (Å²) < 4.78 is 4.52. The lowest BCUT2D eigenvalue weighted by Crippen LogP contribution is -2.33. The summed E-state index contributed by atoms with van der Waals surface area (Å²) in [4.78, 5) is 0. The Morgan fingerprint density at radius 3 is 2.63 bits per heavy atom. The van der Waals surface area contributed by atoms with Gasteiger partial charge in [0, 0.05) is 45.0 Å². The first kappa shape index (κ1) is 13.0. The first-order chi connectivity index (χ1) is 9.24. The molecule has 1 aliphatic heterocycles. The molecule has 19 heavy (non-hydrogen) atoms. The normalized spacial score (nSPS) is 24.4. The Balaban J connectivity index is 1.82. The van der Waals surface area contributed by atoms with Crippen LogP contribution in [0.1, 0.15) is 24.4 Å². The Labute approximate surface area is 119 Å². The van der Waals surface area contributed by atoms with Crippen LogP contribution in [0.5, 0.6) is 0 Å². The van der Waals surface area contributed by atoms with Gasteiger partial charge in [0.15, 0.2) is 0 Å². The molecule has 1 saturated carbocycles. The third kappa shape index (κ3) is 3.14. The van der Waals surface area contributed by atoms with Crippen molar-refractivity contribution in [2.75, 3.05) is 20.6 Å². The molecule has 102 valence electrons. The molecule has 4 heteroatoms. The summed E-state index contributed by atoms with van der Waals surface area (Å²) >= 11 is 1.76. The van der Waals surface area contributed by atoms with Crippen molar-refractivity contribution in [1.29, 1.82) is 0 Å². The van der Waals surface area contributed by atoms with E-state index in [-0.39, 0.29) is 0 Å². The van der Waals surface area contributed by atoms with Gasteiger partial charge in [-0.3, -0.25) is 0 Å². The van der Waals surface area contributed by atoms with E-state index in [4.69, 9.17) is 0 Å². The lowest BCUT2D eigenvalue weighted by molar-refractivity contribution is 0.423. The zero-order valence-corrected chi connectivity index (χ0v) is 12.4. The van der Waals surface area contributed by atoms with Crippen molar-refractivity contribution < 1.29 is 0 Å². The third-order valence-corrected chi connectivity index (χ3v) is 4.44. The van der Waals surface area contributed by atoms with Gasteiger partial charge in [-0.1, -0.05) is 30.3 Å². The highest BCUT2D eigenvalue weighted by Crippen LogP contribution is 2.37. The first-order valence-corrected chi connectivity index (χ1v) is 7.60. The number of benzene rings is 1. The van der Waals surface area contributed by atoms with Crippen LogP contribution in [0, 0.1) is 0 Å². The molecule has 1 N–H and O–H groups in total. The van der Waals surface area contributed by atoms with E-state index in [9.17, 15) is 0 Å². The highest BCUT2D eigenvalue weighted by molar-refractivity contribution is 7.94. The monoisotopic (exact) mass is 275 g/mol. The molecule has 0 amide bonds. The fraction of sp³-hybridized carbons (Fsp3) is 0.467. The minimum Gasteiger partial charge on any atom is -0.313 e. The Bertz CT molecular complexity index is 456. The minimum absolute atomic E-state index is 0.369. The van der Waals surface area contributed by atoms with Crippen molar-refractivity contribution in [2.45, 2.75) is 24.9 Å². The second kappa shape index (κ2) is 5.57. The topological polar surface area (TPSA) is 18.5 Å². The summed E-state index contributed by atoms with van der Waals surface area (Å²) in [5.74, 6) is 0. The van der Waals surface area contributed by atoms with Crippen LogP contribution in [0.2, 0.25) is 0 Å². The van der Waals surface area contributed by atoms with Crippen molar-refractivity contribution in [3.05, 3.63) is 47.7 Å². The molecule has 3 nitrogen and oxygen atoms in total. The first-order valence-electron chi connectivity index (χ1n) is 6.86. The second-order valence-corrected chi connectivity index (χ2v) is 6.66. The predicted molar refractivity (Wildman–Crippen MR) is 81.4 cm³/mol. The smallest absolute Gasteiger partial charge is 0.0705 e. The van der Waals surface area contributed by atoms with E-state index in [2.05, 4.69) is 64.6 Å². The number of hydrogen-bond acceptors (Lipinski definition) is 4. The Hall–Kier alpha value is -0.970. The molecular weight excluding hydrogens is 254 g/mol. The maximum Gasteiger partial charge on any atom is 0.0705 e. The molecule has 0 spiro atoms. The van der Waals surface area contributed by atoms with Crippen molar-refractivity contribution in [3.8, 4) is 0 Å². The van der Waals surface area contributed by atoms with Gasteiger partial charge in [-0.15, -0.1) is 0 Å². The minimum atomic E-state index is 0.369. The van der Waals surface area contributed by atoms with Gasteiger partial charge in [0.2, 0.25) is 0 Å². The van der Waals surface area contributed by atoms with Crippen LogP contribution in [0.15, 0.2) is 42.1 Å². The Morgan fingerprint density at radius 2 is 1.95 bits per heavy atom. The average Bonchev–Trinajstić information content (AvgIpc) is 3.20. The lowest BCUT2D eigenvalue weighted by atomic mass is 9.99. The lowest BCUT2D eigenvalue weighted by Gasteiger charge is -2.37. The van der Waals surface area contributed by atoms with Crippen LogP contribution in [0.3, 0.4) is 0 Å². The highest BCUT2D eigenvalue weighted by Gasteiger charge is 2.29.